The van der Waals surface area contributed by atoms with Gasteiger partial charge < -0.3 is 10.2 Å². The second-order valence-corrected chi connectivity index (χ2v) is 6.08. The van der Waals surface area contributed by atoms with Crippen molar-refractivity contribution in [3.05, 3.63) is 70.8 Å². The average Bonchev–Trinajstić information content (AvgIpc) is 2.61. The number of nitrogens with zero attached hydrogens (tertiary/aromatic N) is 1. The number of amides is 2. The first kappa shape index (κ1) is 20.5. The van der Waals surface area contributed by atoms with Crippen LogP contribution >= 0.6 is 11.6 Å². The van der Waals surface area contributed by atoms with Crippen molar-refractivity contribution in [1.29, 1.82) is 0 Å². The quantitative estimate of drug-likeness (QED) is 0.758. The number of hydrogen-bond acceptors (Lipinski definition) is 2. The minimum Gasteiger partial charge on any atom is -0.333 e. The number of hydrogen-bond donors (Lipinski definition) is 1. The predicted octanol–water partition coefficient (Wildman–Crippen LogP) is 4.47. The molecule has 0 aromatic heterocycles. The molecule has 2 aromatic carbocycles. The number of alkyl halides is 3. The third-order valence-corrected chi connectivity index (χ3v) is 3.89. The lowest BCUT2D eigenvalue weighted by atomic mass is 10.1. The number of carbonyl (C=O) groups excluding carboxylic acids is 2. The van der Waals surface area contributed by atoms with Gasteiger partial charge in [0.05, 0.1) is 22.8 Å². The Morgan fingerprint density at radius 3 is 2.33 bits per heavy atom. The van der Waals surface area contributed by atoms with E-state index in [1.54, 1.807) is 24.3 Å². The van der Waals surface area contributed by atoms with Gasteiger partial charge in [0.2, 0.25) is 11.8 Å². The Morgan fingerprint density at radius 2 is 1.74 bits per heavy atom. The molecule has 0 aliphatic rings. The normalized spacial score (nSPS) is 11.4. The number of rotatable bonds is 5. The van der Waals surface area contributed by atoms with E-state index in [-0.39, 0.29) is 6.54 Å². The van der Waals surface area contributed by atoms with Gasteiger partial charge >= 0.3 is 6.18 Å². The summed E-state index contributed by atoms with van der Waals surface area (Å²) in [6.07, 6.45) is -1.84. The molecule has 2 aromatic rings. The Morgan fingerprint density at radius 1 is 1.11 bits per heavy atom. The molecule has 0 unspecified atom stereocenters. The van der Waals surface area contributed by atoms with Gasteiger partial charge in [0.15, 0.2) is 0 Å². The summed E-state index contributed by atoms with van der Waals surface area (Å²) < 4.78 is 37.6. The second-order valence-electron chi connectivity index (χ2n) is 5.68. The molecule has 0 saturated heterocycles. The van der Waals surface area contributed by atoms with Gasteiger partial charge in [-0.3, -0.25) is 9.59 Å². The highest BCUT2D eigenvalue weighted by Crippen LogP contribution is 2.29. The maximum absolute atomic E-state index is 12.5. The number of likely N-dealkylation sites (N-methyl/N-ethyl adjacent to an activating group) is 1. The zero-order valence-corrected chi connectivity index (χ0v) is 15.0. The van der Waals surface area contributed by atoms with Crippen molar-refractivity contribution in [2.75, 3.05) is 18.9 Å². The summed E-state index contributed by atoms with van der Waals surface area (Å²) >= 11 is 5.95. The van der Waals surface area contributed by atoms with Gasteiger partial charge in [-0.05, 0) is 35.9 Å². The molecule has 27 heavy (non-hydrogen) atoms. The summed E-state index contributed by atoms with van der Waals surface area (Å²) in [5.74, 6) is -0.897. The molecule has 0 radical (unpaired) electrons. The van der Waals surface area contributed by atoms with Crippen LogP contribution in [0.2, 0.25) is 5.02 Å². The van der Waals surface area contributed by atoms with Crippen LogP contribution in [0.3, 0.4) is 0 Å². The Labute approximate surface area is 159 Å². The summed E-state index contributed by atoms with van der Waals surface area (Å²) in [6, 6.07) is 11.1. The highest BCUT2D eigenvalue weighted by molar-refractivity contribution is 6.33. The fourth-order valence-corrected chi connectivity index (χ4v) is 2.31. The molecule has 2 amide bonds. The van der Waals surface area contributed by atoms with Crippen molar-refractivity contribution in [1.82, 2.24) is 4.90 Å². The van der Waals surface area contributed by atoms with E-state index in [0.29, 0.717) is 16.3 Å². The summed E-state index contributed by atoms with van der Waals surface area (Å²) in [5.41, 5.74) is 0.106. The van der Waals surface area contributed by atoms with Crippen molar-refractivity contribution >= 4 is 35.2 Å². The van der Waals surface area contributed by atoms with Crippen molar-refractivity contribution in [2.24, 2.45) is 0 Å². The predicted molar refractivity (Wildman–Crippen MR) is 98.2 cm³/mol. The van der Waals surface area contributed by atoms with E-state index in [0.717, 1.165) is 12.1 Å². The van der Waals surface area contributed by atoms with Gasteiger partial charge in [-0.1, -0.05) is 35.9 Å². The first-order chi connectivity index (χ1) is 12.7. The molecule has 0 heterocycles. The molecule has 4 nitrogen and oxygen atoms in total. The molecule has 142 valence electrons. The topological polar surface area (TPSA) is 49.4 Å². The molecule has 8 heteroatoms. The lowest BCUT2D eigenvalue weighted by molar-refractivity contribution is -0.137. The number of halogens is 4. The minimum absolute atomic E-state index is 0.207. The van der Waals surface area contributed by atoms with E-state index in [2.05, 4.69) is 5.32 Å². The SMILES string of the molecule is CN(CC(=O)Nc1ccccc1Cl)C(=O)/C=C/c1ccc(C(F)(F)F)cc1. The van der Waals surface area contributed by atoms with Crippen LogP contribution in [0.1, 0.15) is 11.1 Å². The fraction of sp³-hybridized carbons (Fsp3) is 0.158. The summed E-state index contributed by atoms with van der Waals surface area (Å²) in [4.78, 5) is 25.2. The second kappa shape index (κ2) is 8.73. The molecule has 1 N–H and O–H groups in total. The van der Waals surface area contributed by atoms with Crippen LogP contribution in [0.15, 0.2) is 54.6 Å². The highest BCUT2D eigenvalue weighted by Gasteiger charge is 2.29. The highest BCUT2D eigenvalue weighted by atomic mass is 35.5. The molecule has 0 fully saturated rings. The number of nitrogens with one attached hydrogen (secondary N) is 1. The number of benzene rings is 2. The molecule has 0 saturated carbocycles. The van der Waals surface area contributed by atoms with Gasteiger partial charge in [0.25, 0.3) is 0 Å². The third-order valence-electron chi connectivity index (χ3n) is 3.56. The van der Waals surface area contributed by atoms with E-state index in [1.165, 1.54) is 36.2 Å². The van der Waals surface area contributed by atoms with Crippen LogP contribution in [-0.4, -0.2) is 30.3 Å². The Kier molecular flexibility index (Phi) is 6.63. The average molecular weight is 397 g/mol. The molecular formula is C19H16ClF3N2O2. The summed E-state index contributed by atoms with van der Waals surface area (Å²) in [6.45, 7) is -0.207. The lowest BCUT2D eigenvalue weighted by Gasteiger charge is -2.15. The first-order valence-corrected chi connectivity index (χ1v) is 8.19. The van der Waals surface area contributed by atoms with Crippen LogP contribution in [0, 0.1) is 0 Å². The minimum atomic E-state index is -4.41. The van der Waals surface area contributed by atoms with E-state index in [4.69, 9.17) is 11.6 Å². The Balaban J connectivity index is 1.92. The molecule has 0 spiro atoms. The van der Waals surface area contributed by atoms with Crippen LogP contribution in [0.5, 0.6) is 0 Å². The standard InChI is InChI=1S/C19H16ClF3N2O2/c1-25(12-17(26)24-16-5-3-2-4-15(16)20)18(27)11-8-13-6-9-14(10-7-13)19(21,22)23/h2-11H,12H2,1H3,(H,24,26)/b11-8+. The van der Waals surface area contributed by atoms with Crippen LogP contribution in [0.25, 0.3) is 6.08 Å². The maximum Gasteiger partial charge on any atom is 0.416 e. The third kappa shape index (κ3) is 6.14. The Bertz CT molecular complexity index is 849. The largest absolute Gasteiger partial charge is 0.416 e. The van der Waals surface area contributed by atoms with Crippen LogP contribution in [-0.2, 0) is 15.8 Å². The molecule has 0 aliphatic heterocycles. The van der Waals surface area contributed by atoms with Gasteiger partial charge in [-0.2, -0.15) is 13.2 Å². The van der Waals surface area contributed by atoms with Gasteiger partial charge in [-0.15, -0.1) is 0 Å². The summed E-state index contributed by atoms with van der Waals surface area (Å²) in [7, 11) is 1.44. The molecule has 0 bridgehead atoms. The molecule has 2 rings (SSSR count). The molecule has 0 aliphatic carbocycles. The van der Waals surface area contributed by atoms with Crippen molar-refractivity contribution in [2.45, 2.75) is 6.18 Å². The van der Waals surface area contributed by atoms with Crippen LogP contribution in [0.4, 0.5) is 18.9 Å². The van der Waals surface area contributed by atoms with Gasteiger partial charge in [-0.25, -0.2) is 0 Å². The van der Waals surface area contributed by atoms with E-state index >= 15 is 0 Å². The fourth-order valence-electron chi connectivity index (χ4n) is 2.12. The van der Waals surface area contributed by atoms with E-state index in [1.807, 2.05) is 0 Å². The number of anilines is 1. The van der Waals surface area contributed by atoms with E-state index < -0.39 is 23.6 Å². The van der Waals surface area contributed by atoms with Crippen molar-refractivity contribution in [3.63, 3.8) is 0 Å². The van der Waals surface area contributed by atoms with Crippen molar-refractivity contribution in [3.8, 4) is 0 Å². The van der Waals surface area contributed by atoms with Gasteiger partial charge in [0, 0.05) is 13.1 Å². The molecular weight excluding hydrogens is 381 g/mol. The smallest absolute Gasteiger partial charge is 0.333 e. The lowest BCUT2D eigenvalue weighted by Crippen LogP contribution is -2.33. The monoisotopic (exact) mass is 396 g/mol. The Hall–Kier alpha value is -2.80. The summed E-state index contributed by atoms with van der Waals surface area (Å²) in [5, 5.41) is 2.97. The van der Waals surface area contributed by atoms with Crippen LogP contribution < -0.4 is 5.32 Å². The van der Waals surface area contributed by atoms with Gasteiger partial charge in [0.1, 0.15) is 0 Å². The number of carbonyl (C=O) groups is 2. The zero-order valence-electron chi connectivity index (χ0n) is 14.3. The van der Waals surface area contributed by atoms with E-state index in [9.17, 15) is 22.8 Å². The number of para-hydroxylation sites is 1. The zero-order chi connectivity index (χ0) is 20.0. The van der Waals surface area contributed by atoms with Crippen molar-refractivity contribution < 1.29 is 22.8 Å². The maximum atomic E-state index is 12.5. The first-order valence-electron chi connectivity index (χ1n) is 7.81. The molecule has 0 atom stereocenters.